The summed E-state index contributed by atoms with van der Waals surface area (Å²) in [6.07, 6.45) is 1.96. The maximum absolute atomic E-state index is 12.6. The van der Waals surface area contributed by atoms with Crippen LogP contribution < -0.4 is 34.9 Å². The van der Waals surface area contributed by atoms with E-state index in [4.69, 9.17) is 4.74 Å². The van der Waals surface area contributed by atoms with Gasteiger partial charge in [0.05, 0.1) is 16.3 Å². The molecule has 2 N–H and O–H groups in total. The standard InChI is InChI=1S/C29H27N2O3S.Na.H2O/c1-4-21(18-32)23-10-12-24(13-11-23)25-14-16-26(17-15-25)28-27(19(2)31-35-28)30-29(33)34-20(3)22-8-6-5-7-9-22;;/h5-17,20-21H,4H2,1-3H3,(H,30,33);;1H2/q-1;+1;/p-1/t20-,21-;;/m1../s1. The number of hydrogen-bond acceptors (Lipinski definition) is 6. The number of nitrogens with zero attached hydrogens (tertiary/aromatic N) is 1. The summed E-state index contributed by atoms with van der Waals surface area (Å²) >= 11 is 1.34. The number of benzene rings is 3. The SMILES string of the molecule is CC[C@H]([C-]=O)c1ccc(-c2ccc(-c3snc(C)c3NC(=O)O[C@H](C)c3ccccc3)cc2)cc1.[Na+].[OH-]. The fourth-order valence-electron chi connectivity index (χ4n) is 3.91. The first-order chi connectivity index (χ1) is 17.0. The molecule has 1 amide bonds. The Bertz CT molecular complexity index is 1290. The Morgan fingerprint density at radius 1 is 0.946 bits per heavy atom. The van der Waals surface area contributed by atoms with Gasteiger partial charge in [-0.05, 0) is 47.6 Å². The van der Waals surface area contributed by atoms with E-state index in [0.717, 1.165) is 44.8 Å². The molecule has 0 fully saturated rings. The van der Waals surface area contributed by atoms with Gasteiger partial charge < -0.3 is 15.0 Å². The van der Waals surface area contributed by atoms with Crippen LogP contribution in [0.2, 0.25) is 0 Å². The number of anilines is 1. The summed E-state index contributed by atoms with van der Waals surface area (Å²) in [5, 5.41) is 2.89. The number of aromatic nitrogens is 1. The van der Waals surface area contributed by atoms with Crippen LogP contribution in [0.1, 0.15) is 49.1 Å². The van der Waals surface area contributed by atoms with Gasteiger partial charge in [0.2, 0.25) is 0 Å². The average molecular weight is 524 g/mol. The van der Waals surface area contributed by atoms with Crippen molar-refractivity contribution in [3.05, 3.63) is 95.7 Å². The van der Waals surface area contributed by atoms with Crippen molar-refractivity contribution in [2.45, 2.75) is 39.2 Å². The Hall–Kier alpha value is -2.81. The molecule has 4 aromatic rings. The number of amides is 1. The Morgan fingerprint density at radius 2 is 1.51 bits per heavy atom. The van der Waals surface area contributed by atoms with Crippen LogP contribution in [0.3, 0.4) is 0 Å². The van der Waals surface area contributed by atoms with E-state index < -0.39 is 6.09 Å². The minimum atomic E-state index is -0.513. The average Bonchev–Trinajstić information content (AvgIpc) is 3.25. The molecule has 0 radical (unpaired) electrons. The predicted octanol–water partition coefficient (Wildman–Crippen LogP) is 4.53. The van der Waals surface area contributed by atoms with E-state index >= 15 is 0 Å². The van der Waals surface area contributed by atoms with Crippen molar-refractivity contribution in [3.8, 4) is 21.6 Å². The quantitative estimate of drug-likeness (QED) is 0.270. The van der Waals surface area contributed by atoms with Crippen LogP contribution in [0.5, 0.6) is 0 Å². The first kappa shape index (κ1) is 30.4. The van der Waals surface area contributed by atoms with Gasteiger partial charge in [-0.2, -0.15) is 4.37 Å². The van der Waals surface area contributed by atoms with E-state index in [9.17, 15) is 9.59 Å². The van der Waals surface area contributed by atoms with Crippen LogP contribution in [-0.2, 0) is 9.53 Å². The molecular formula is C29H28N2NaO4S-. The van der Waals surface area contributed by atoms with Gasteiger partial charge in [0.1, 0.15) is 6.10 Å². The summed E-state index contributed by atoms with van der Waals surface area (Å²) in [6.45, 7) is 5.70. The van der Waals surface area contributed by atoms with E-state index in [0.29, 0.717) is 5.69 Å². The van der Waals surface area contributed by atoms with Crippen molar-refractivity contribution in [1.82, 2.24) is 4.37 Å². The first-order valence-corrected chi connectivity index (χ1v) is 12.3. The van der Waals surface area contributed by atoms with Crippen molar-refractivity contribution in [2.75, 3.05) is 5.32 Å². The second-order valence-corrected chi connectivity index (χ2v) is 9.11. The molecule has 0 unspecified atom stereocenters. The van der Waals surface area contributed by atoms with E-state index in [1.165, 1.54) is 11.5 Å². The maximum Gasteiger partial charge on any atom is 1.00 e. The van der Waals surface area contributed by atoms with Gasteiger partial charge in [-0.3, -0.25) is 11.6 Å². The van der Waals surface area contributed by atoms with Gasteiger partial charge in [0, 0.05) is 0 Å². The Labute approximate surface area is 243 Å². The van der Waals surface area contributed by atoms with E-state index in [2.05, 4.69) is 16.0 Å². The number of aryl methyl sites for hydroxylation is 1. The molecule has 1 aromatic heterocycles. The molecule has 186 valence electrons. The van der Waals surface area contributed by atoms with E-state index in [1.54, 1.807) is 0 Å². The molecule has 1 heterocycles. The minimum Gasteiger partial charge on any atom is -0.870 e. The van der Waals surface area contributed by atoms with Crippen LogP contribution >= 0.6 is 11.5 Å². The zero-order valence-electron chi connectivity index (χ0n) is 21.4. The molecule has 0 aliphatic carbocycles. The van der Waals surface area contributed by atoms with Crippen molar-refractivity contribution < 1.29 is 49.4 Å². The largest absolute Gasteiger partial charge is 1.00 e. The summed E-state index contributed by atoms with van der Waals surface area (Å²) in [5.74, 6) is -0.186. The summed E-state index contributed by atoms with van der Waals surface area (Å²) in [7, 11) is 0. The Morgan fingerprint density at radius 3 is 2.08 bits per heavy atom. The minimum absolute atomic E-state index is 0. The molecule has 0 aliphatic heterocycles. The molecule has 0 bridgehead atoms. The number of ether oxygens (including phenoxy) is 1. The molecule has 6 nitrogen and oxygen atoms in total. The van der Waals surface area contributed by atoms with Crippen LogP contribution in [0, 0.1) is 6.92 Å². The van der Waals surface area contributed by atoms with Crippen LogP contribution in [0.4, 0.5) is 10.5 Å². The zero-order valence-corrected chi connectivity index (χ0v) is 24.2. The van der Waals surface area contributed by atoms with Crippen LogP contribution in [0.25, 0.3) is 21.6 Å². The molecule has 37 heavy (non-hydrogen) atoms. The molecule has 4 rings (SSSR count). The zero-order chi connectivity index (χ0) is 24.8. The fourth-order valence-corrected chi connectivity index (χ4v) is 4.76. The van der Waals surface area contributed by atoms with Crippen LogP contribution in [-0.4, -0.2) is 22.2 Å². The normalized spacial score (nSPS) is 11.9. The molecule has 0 spiro atoms. The molecule has 0 saturated heterocycles. The topological polar surface area (TPSA) is 98.3 Å². The summed E-state index contributed by atoms with van der Waals surface area (Å²) in [6, 6.07) is 25.8. The fraction of sp³-hybridized carbons (Fsp3) is 0.207. The molecule has 2 atom stereocenters. The van der Waals surface area contributed by atoms with Crippen molar-refractivity contribution >= 4 is 29.6 Å². The van der Waals surface area contributed by atoms with Crippen LogP contribution in [0.15, 0.2) is 78.9 Å². The molecular weight excluding hydrogens is 495 g/mol. The van der Waals surface area contributed by atoms with Gasteiger partial charge in [-0.15, -0.1) is 5.92 Å². The third-order valence-corrected chi connectivity index (χ3v) is 6.97. The maximum atomic E-state index is 12.6. The second-order valence-electron chi connectivity index (χ2n) is 8.33. The number of nitrogens with one attached hydrogen (secondary N) is 1. The predicted molar refractivity (Wildman–Crippen MR) is 143 cm³/mol. The first-order valence-electron chi connectivity index (χ1n) is 11.6. The number of carbonyl (C=O) groups excluding carboxylic acids is 2. The number of hydrogen-bond donors (Lipinski definition) is 1. The third-order valence-electron chi connectivity index (χ3n) is 5.99. The molecule has 3 aromatic carbocycles. The number of rotatable bonds is 8. The molecule has 8 heteroatoms. The Kier molecular flexibility index (Phi) is 11.7. The summed E-state index contributed by atoms with van der Waals surface area (Å²) in [5.41, 5.74) is 6.41. The van der Waals surface area contributed by atoms with Gasteiger partial charge in [-0.1, -0.05) is 97.8 Å². The van der Waals surface area contributed by atoms with Gasteiger partial charge >= 0.3 is 35.7 Å². The van der Waals surface area contributed by atoms with Crippen molar-refractivity contribution in [1.29, 1.82) is 0 Å². The molecule has 0 aliphatic rings. The summed E-state index contributed by atoms with van der Waals surface area (Å²) in [4.78, 5) is 24.6. The van der Waals surface area contributed by atoms with E-state index in [1.807, 2.05) is 99.6 Å². The van der Waals surface area contributed by atoms with E-state index in [-0.39, 0.29) is 47.1 Å². The van der Waals surface area contributed by atoms with Gasteiger partial charge in [0.25, 0.3) is 0 Å². The number of carbonyl (C=O) groups is 1. The summed E-state index contributed by atoms with van der Waals surface area (Å²) < 4.78 is 10.0. The van der Waals surface area contributed by atoms with Crippen molar-refractivity contribution in [2.24, 2.45) is 0 Å². The second kappa shape index (κ2) is 14.2. The Balaban J connectivity index is 0.00000241. The smallest absolute Gasteiger partial charge is 0.870 e. The van der Waals surface area contributed by atoms with Gasteiger partial charge in [0.15, 0.2) is 0 Å². The van der Waals surface area contributed by atoms with Gasteiger partial charge in [-0.25, -0.2) is 4.79 Å². The molecule has 0 saturated carbocycles. The monoisotopic (exact) mass is 523 g/mol. The van der Waals surface area contributed by atoms with Crippen molar-refractivity contribution in [3.63, 3.8) is 0 Å². The third kappa shape index (κ3) is 7.37.